The van der Waals surface area contributed by atoms with Crippen LogP contribution in [0.5, 0.6) is 0 Å². The van der Waals surface area contributed by atoms with Crippen molar-refractivity contribution in [3.05, 3.63) is 11.6 Å². The van der Waals surface area contributed by atoms with E-state index in [9.17, 15) is 9.59 Å². The predicted octanol–water partition coefficient (Wildman–Crippen LogP) is 1.04. The highest BCUT2D eigenvalue weighted by Gasteiger charge is 2.24. The fourth-order valence-corrected chi connectivity index (χ4v) is 1.38. The molecule has 0 aliphatic heterocycles. The highest BCUT2D eigenvalue weighted by Crippen LogP contribution is 2.21. The van der Waals surface area contributed by atoms with Crippen LogP contribution in [0.25, 0.3) is 0 Å². The molecule has 0 heterocycles. The second kappa shape index (κ2) is 3.92. The van der Waals surface area contributed by atoms with Crippen molar-refractivity contribution in [3.8, 4) is 0 Å². The van der Waals surface area contributed by atoms with Crippen molar-refractivity contribution in [3.63, 3.8) is 0 Å². The number of Topliss-reactive ketones (excluding diaryl/α,β-unsaturated/α-hetero) is 2. The van der Waals surface area contributed by atoms with Crippen LogP contribution in [-0.2, 0) is 14.1 Å². The lowest BCUT2D eigenvalue weighted by Gasteiger charge is -1.99. The van der Waals surface area contributed by atoms with Gasteiger partial charge in [-0.15, -0.1) is 0 Å². The maximum Gasteiger partial charge on any atom is 0.162 e. The Morgan fingerprint density at radius 3 is 2.92 bits per heavy atom. The van der Waals surface area contributed by atoms with Gasteiger partial charge >= 0.3 is 0 Å². The van der Waals surface area contributed by atoms with Crippen LogP contribution in [0.2, 0.25) is 0 Å². The minimum absolute atomic E-state index is 0.0130. The van der Waals surface area contributed by atoms with Crippen molar-refractivity contribution in [1.29, 1.82) is 0 Å². The number of allylic oxidation sites excluding steroid dienone is 1. The molecule has 0 aromatic rings. The van der Waals surface area contributed by atoms with E-state index >= 15 is 0 Å². The molecule has 0 fully saturated rings. The van der Waals surface area contributed by atoms with Crippen molar-refractivity contribution in [1.82, 2.24) is 0 Å². The van der Waals surface area contributed by atoms with Gasteiger partial charge in [-0.05, 0) is 13.0 Å². The van der Waals surface area contributed by atoms with E-state index in [1.165, 1.54) is 6.92 Å². The van der Waals surface area contributed by atoms with Crippen LogP contribution in [0.4, 0.5) is 0 Å². The second-order valence-electron chi connectivity index (χ2n) is 2.87. The first-order valence-corrected chi connectivity index (χ1v) is 4.19. The summed E-state index contributed by atoms with van der Waals surface area (Å²) in [6.07, 6.45) is 2.17. The van der Waals surface area contributed by atoms with E-state index in [4.69, 9.17) is 4.52 Å². The summed E-state index contributed by atoms with van der Waals surface area (Å²) in [4.78, 5) is 21.9. The van der Waals surface area contributed by atoms with Gasteiger partial charge in [-0.1, -0.05) is 0 Å². The zero-order chi connectivity index (χ0) is 9.14. The number of rotatable bonds is 3. The monoisotopic (exact) mass is 186 g/mol. The molecule has 1 aliphatic carbocycles. The van der Waals surface area contributed by atoms with Crippen LogP contribution in [0.1, 0.15) is 19.8 Å². The molecule has 4 heteroatoms. The topological polar surface area (TPSA) is 43.4 Å². The first kappa shape index (κ1) is 9.56. The van der Waals surface area contributed by atoms with Gasteiger partial charge in [0.1, 0.15) is 5.78 Å². The van der Waals surface area contributed by atoms with E-state index in [0.717, 1.165) is 0 Å². The molecule has 1 aliphatic rings. The molecule has 0 saturated heterocycles. The highest BCUT2D eigenvalue weighted by molar-refractivity contribution is 7.09. The van der Waals surface area contributed by atoms with Crippen LogP contribution in [0, 0.1) is 0 Å². The largest absolute Gasteiger partial charge is 0.358 e. The Bertz CT molecular complexity index is 245. The summed E-state index contributed by atoms with van der Waals surface area (Å²) in [6, 6.07) is 0. The Morgan fingerprint density at radius 1 is 1.83 bits per heavy atom. The molecule has 0 radical (unpaired) electrons. The van der Waals surface area contributed by atoms with E-state index in [2.05, 4.69) is 9.47 Å². The summed E-state index contributed by atoms with van der Waals surface area (Å²) in [6.45, 7) is 1.48. The van der Waals surface area contributed by atoms with Gasteiger partial charge in [-0.3, -0.25) is 9.59 Å². The summed E-state index contributed by atoms with van der Waals surface area (Å²) >= 11 is 0. The number of hydrogen-bond acceptors (Lipinski definition) is 3. The minimum Gasteiger partial charge on any atom is -0.358 e. The first-order valence-electron chi connectivity index (χ1n) is 3.72. The molecule has 0 N–H and O–H groups in total. The molecule has 2 atom stereocenters. The molecule has 0 aromatic carbocycles. The average molecular weight is 186 g/mol. The van der Waals surface area contributed by atoms with Gasteiger partial charge in [0.15, 0.2) is 5.78 Å². The predicted molar refractivity (Wildman–Crippen MR) is 47.6 cm³/mol. The molecule has 0 bridgehead atoms. The smallest absolute Gasteiger partial charge is 0.162 e. The van der Waals surface area contributed by atoms with Crippen LogP contribution in [0.3, 0.4) is 0 Å². The number of hydrogen-bond donors (Lipinski definition) is 0. The lowest BCUT2D eigenvalue weighted by Crippen LogP contribution is -2.03. The fourth-order valence-electron chi connectivity index (χ4n) is 1.20. The van der Waals surface area contributed by atoms with Crippen LogP contribution < -0.4 is 0 Å². The SMILES string of the molecule is CC(=O)CC1=C[C@H](OP)CC1=O. The Hall–Kier alpha value is -0.530. The van der Waals surface area contributed by atoms with Gasteiger partial charge in [0.2, 0.25) is 0 Å². The van der Waals surface area contributed by atoms with Gasteiger partial charge in [-0.2, -0.15) is 0 Å². The third-order valence-electron chi connectivity index (χ3n) is 1.75. The second-order valence-corrected chi connectivity index (χ2v) is 3.14. The number of carbonyl (C=O) groups excluding carboxylic acids is 2. The lowest BCUT2D eigenvalue weighted by molar-refractivity contribution is -0.119. The van der Waals surface area contributed by atoms with Crippen LogP contribution in [-0.4, -0.2) is 17.7 Å². The highest BCUT2D eigenvalue weighted by atomic mass is 31.0. The van der Waals surface area contributed by atoms with Gasteiger partial charge in [-0.25, -0.2) is 0 Å². The Balaban J connectivity index is 2.63. The Kier molecular flexibility index (Phi) is 3.12. The Morgan fingerprint density at radius 2 is 2.50 bits per heavy atom. The van der Waals surface area contributed by atoms with Crippen molar-refractivity contribution < 1.29 is 14.1 Å². The summed E-state index contributed by atoms with van der Waals surface area (Å²) in [5.74, 6) is 0.0386. The van der Waals surface area contributed by atoms with Crippen LogP contribution in [0.15, 0.2) is 11.6 Å². The van der Waals surface area contributed by atoms with Crippen molar-refractivity contribution in [2.24, 2.45) is 0 Å². The molecule has 1 unspecified atom stereocenters. The molecule has 0 spiro atoms. The zero-order valence-corrected chi connectivity index (χ0v) is 8.03. The molecular weight excluding hydrogens is 175 g/mol. The maximum absolute atomic E-state index is 11.2. The zero-order valence-electron chi connectivity index (χ0n) is 6.87. The van der Waals surface area contributed by atoms with Crippen molar-refractivity contribution in [2.75, 3.05) is 0 Å². The quantitative estimate of drug-likeness (QED) is 0.618. The number of carbonyl (C=O) groups is 2. The normalized spacial score (nSPS) is 22.7. The van der Waals surface area contributed by atoms with E-state index in [-0.39, 0.29) is 24.1 Å². The van der Waals surface area contributed by atoms with Gasteiger partial charge < -0.3 is 4.52 Å². The number of ketones is 2. The third-order valence-corrected chi connectivity index (χ3v) is 2.10. The molecule has 12 heavy (non-hydrogen) atoms. The van der Waals surface area contributed by atoms with Crippen LogP contribution >= 0.6 is 9.47 Å². The van der Waals surface area contributed by atoms with E-state index < -0.39 is 0 Å². The molecule has 3 nitrogen and oxygen atoms in total. The maximum atomic E-state index is 11.2. The fraction of sp³-hybridized carbons (Fsp3) is 0.500. The third kappa shape index (κ3) is 2.23. The van der Waals surface area contributed by atoms with Gasteiger partial charge in [0.05, 0.1) is 6.10 Å². The van der Waals surface area contributed by atoms with E-state index in [1.807, 2.05) is 0 Å². The molecular formula is C8H11O3P. The summed E-state index contributed by atoms with van der Waals surface area (Å²) in [7, 11) is 2.12. The molecule has 66 valence electrons. The molecule has 0 aromatic heterocycles. The van der Waals surface area contributed by atoms with Gasteiger partial charge in [0, 0.05) is 27.9 Å². The first-order chi connectivity index (χ1) is 5.63. The van der Waals surface area contributed by atoms with Gasteiger partial charge in [0.25, 0.3) is 0 Å². The summed E-state index contributed by atoms with van der Waals surface area (Å²) < 4.78 is 4.90. The van der Waals surface area contributed by atoms with E-state index in [0.29, 0.717) is 12.0 Å². The minimum atomic E-state index is -0.156. The lowest BCUT2D eigenvalue weighted by atomic mass is 10.1. The van der Waals surface area contributed by atoms with E-state index in [1.54, 1.807) is 6.08 Å². The van der Waals surface area contributed by atoms with Crippen molar-refractivity contribution in [2.45, 2.75) is 25.9 Å². The average Bonchev–Trinajstić information content (AvgIpc) is 2.31. The summed E-state index contributed by atoms with van der Waals surface area (Å²) in [5.41, 5.74) is 0.593. The molecule has 1 rings (SSSR count). The molecule has 0 saturated carbocycles. The standard InChI is InChI=1S/C8H11O3P/c1-5(9)2-6-3-7(11-12)4-8(6)10/h3,7H,2,4,12H2,1H3/t7-/m0/s1. The Labute approximate surface area is 73.5 Å². The van der Waals surface area contributed by atoms with Crippen molar-refractivity contribution >= 4 is 21.0 Å². The summed E-state index contributed by atoms with van der Waals surface area (Å²) in [5, 5.41) is 0. The molecule has 0 amide bonds.